The van der Waals surface area contributed by atoms with Gasteiger partial charge in [0.15, 0.2) is 0 Å². The first-order valence-corrected chi connectivity index (χ1v) is 7.87. The van der Waals surface area contributed by atoms with Gasteiger partial charge in [-0.25, -0.2) is 0 Å². The molecular weight excluding hydrogens is 238 g/mol. The molecule has 19 heavy (non-hydrogen) atoms. The average molecular weight is 271 g/mol. The van der Waals surface area contributed by atoms with E-state index >= 15 is 0 Å². The lowest BCUT2D eigenvalue weighted by atomic mass is 10.0. The molecular formula is C15H33N3O. The van der Waals surface area contributed by atoms with E-state index in [9.17, 15) is 0 Å². The minimum Gasteiger partial charge on any atom is -0.379 e. The first-order valence-electron chi connectivity index (χ1n) is 7.87. The van der Waals surface area contributed by atoms with Crippen LogP contribution in [-0.2, 0) is 4.74 Å². The molecule has 4 nitrogen and oxygen atoms in total. The number of nitrogens with zero attached hydrogens (tertiary/aromatic N) is 2. The van der Waals surface area contributed by atoms with E-state index in [1.807, 2.05) is 0 Å². The standard InChI is InChI=1S/C15H33N3O/c1-5-7-14-13-18(15(6-2)12-16-14)9-11-19-10-8-17(3)4/h14-16H,5-13H2,1-4H3. The smallest absolute Gasteiger partial charge is 0.0594 e. The highest BCUT2D eigenvalue weighted by atomic mass is 16.5. The van der Waals surface area contributed by atoms with E-state index in [4.69, 9.17) is 4.74 Å². The minimum atomic E-state index is 0.676. The summed E-state index contributed by atoms with van der Waals surface area (Å²) in [4.78, 5) is 4.78. The van der Waals surface area contributed by atoms with Crippen LogP contribution in [0.3, 0.4) is 0 Å². The number of hydrogen-bond acceptors (Lipinski definition) is 4. The third-order valence-electron chi connectivity index (χ3n) is 3.93. The van der Waals surface area contributed by atoms with Crippen molar-refractivity contribution in [2.75, 3.05) is 53.5 Å². The maximum Gasteiger partial charge on any atom is 0.0594 e. The first-order chi connectivity index (χ1) is 9.17. The summed E-state index contributed by atoms with van der Waals surface area (Å²) < 4.78 is 5.73. The molecule has 0 radical (unpaired) electrons. The Morgan fingerprint density at radius 1 is 1.26 bits per heavy atom. The molecule has 1 heterocycles. The predicted octanol–water partition coefficient (Wildman–Crippen LogP) is 1.42. The van der Waals surface area contributed by atoms with Gasteiger partial charge >= 0.3 is 0 Å². The van der Waals surface area contributed by atoms with Gasteiger partial charge in [-0.1, -0.05) is 20.3 Å². The zero-order chi connectivity index (χ0) is 14.1. The Morgan fingerprint density at radius 2 is 2.05 bits per heavy atom. The molecule has 1 fully saturated rings. The highest BCUT2D eigenvalue weighted by Gasteiger charge is 2.25. The van der Waals surface area contributed by atoms with Gasteiger partial charge < -0.3 is 15.0 Å². The molecule has 4 heteroatoms. The summed E-state index contributed by atoms with van der Waals surface area (Å²) in [5.41, 5.74) is 0. The fourth-order valence-corrected chi connectivity index (χ4v) is 2.68. The molecule has 1 aliphatic heterocycles. The van der Waals surface area contributed by atoms with E-state index in [0.717, 1.165) is 32.8 Å². The van der Waals surface area contributed by atoms with Crippen molar-refractivity contribution in [1.82, 2.24) is 15.1 Å². The molecule has 0 aromatic carbocycles. The lowest BCUT2D eigenvalue weighted by Gasteiger charge is -2.40. The van der Waals surface area contributed by atoms with Crippen LogP contribution in [0, 0.1) is 0 Å². The summed E-state index contributed by atoms with van der Waals surface area (Å²) in [7, 11) is 4.17. The maximum atomic E-state index is 5.73. The molecule has 1 rings (SSSR count). The molecule has 0 saturated carbocycles. The molecule has 0 spiro atoms. The number of hydrogen-bond donors (Lipinski definition) is 1. The van der Waals surface area contributed by atoms with E-state index in [1.165, 1.54) is 25.8 Å². The van der Waals surface area contributed by atoms with Gasteiger partial charge in [-0.2, -0.15) is 0 Å². The average Bonchev–Trinajstić information content (AvgIpc) is 2.38. The van der Waals surface area contributed by atoms with Crippen LogP contribution in [-0.4, -0.2) is 75.4 Å². The largest absolute Gasteiger partial charge is 0.379 e. The van der Waals surface area contributed by atoms with E-state index < -0.39 is 0 Å². The summed E-state index contributed by atoms with van der Waals surface area (Å²) in [6.07, 6.45) is 3.78. The number of piperazine rings is 1. The maximum absolute atomic E-state index is 5.73. The summed E-state index contributed by atoms with van der Waals surface area (Å²) in [6.45, 7) is 10.7. The second-order valence-electron chi connectivity index (χ2n) is 5.87. The number of nitrogens with one attached hydrogen (secondary N) is 1. The van der Waals surface area contributed by atoms with E-state index in [2.05, 4.69) is 43.1 Å². The van der Waals surface area contributed by atoms with Crippen LogP contribution in [0.2, 0.25) is 0 Å². The summed E-state index contributed by atoms with van der Waals surface area (Å²) in [6, 6.07) is 1.36. The fourth-order valence-electron chi connectivity index (χ4n) is 2.68. The Kier molecular flexibility index (Phi) is 8.62. The van der Waals surface area contributed by atoms with Gasteiger partial charge in [-0.3, -0.25) is 4.90 Å². The monoisotopic (exact) mass is 271 g/mol. The second-order valence-corrected chi connectivity index (χ2v) is 5.87. The molecule has 0 aromatic rings. The molecule has 0 aromatic heterocycles. The van der Waals surface area contributed by atoms with Crippen molar-refractivity contribution < 1.29 is 4.74 Å². The van der Waals surface area contributed by atoms with E-state index in [0.29, 0.717) is 12.1 Å². The molecule has 114 valence electrons. The zero-order valence-electron chi connectivity index (χ0n) is 13.3. The van der Waals surface area contributed by atoms with Gasteiger partial charge in [0, 0.05) is 38.3 Å². The third kappa shape index (κ3) is 6.70. The fraction of sp³-hybridized carbons (Fsp3) is 1.00. The SMILES string of the molecule is CCCC1CN(CCOCCN(C)C)C(CC)CN1. The Labute approximate surface area is 119 Å². The zero-order valence-corrected chi connectivity index (χ0v) is 13.3. The predicted molar refractivity (Wildman–Crippen MR) is 81.7 cm³/mol. The molecule has 1 aliphatic rings. The summed E-state index contributed by atoms with van der Waals surface area (Å²) >= 11 is 0. The Bertz CT molecular complexity index is 223. The number of likely N-dealkylation sites (N-methyl/N-ethyl adjacent to an activating group) is 1. The quantitative estimate of drug-likeness (QED) is 0.642. The Balaban J connectivity index is 2.23. The summed E-state index contributed by atoms with van der Waals surface area (Å²) in [5.74, 6) is 0. The van der Waals surface area contributed by atoms with Crippen LogP contribution in [0.4, 0.5) is 0 Å². The normalized spacial score (nSPS) is 25.1. The van der Waals surface area contributed by atoms with Crippen molar-refractivity contribution in [2.45, 2.75) is 45.2 Å². The number of rotatable bonds is 9. The Morgan fingerprint density at radius 3 is 2.68 bits per heavy atom. The van der Waals surface area contributed by atoms with Crippen LogP contribution in [0.15, 0.2) is 0 Å². The highest BCUT2D eigenvalue weighted by Crippen LogP contribution is 2.12. The Hall–Kier alpha value is -0.160. The van der Waals surface area contributed by atoms with Gasteiger partial charge in [-0.05, 0) is 26.9 Å². The van der Waals surface area contributed by atoms with Crippen LogP contribution >= 0.6 is 0 Å². The van der Waals surface area contributed by atoms with Crippen molar-refractivity contribution in [1.29, 1.82) is 0 Å². The van der Waals surface area contributed by atoms with Crippen molar-refractivity contribution >= 4 is 0 Å². The molecule has 2 unspecified atom stereocenters. The lowest BCUT2D eigenvalue weighted by molar-refractivity contribution is 0.0577. The summed E-state index contributed by atoms with van der Waals surface area (Å²) in [5, 5.41) is 3.68. The first kappa shape index (κ1) is 16.9. The van der Waals surface area contributed by atoms with Crippen molar-refractivity contribution in [3.63, 3.8) is 0 Å². The van der Waals surface area contributed by atoms with E-state index in [1.54, 1.807) is 0 Å². The van der Waals surface area contributed by atoms with Crippen LogP contribution < -0.4 is 5.32 Å². The van der Waals surface area contributed by atoms with Crippen LogP contribution in [0.1, 0.15) is 33.1 Å². The van der Waals surface area contributed by atoms with Crippen LogP contribution in [0.25, 0.3) is 0 Å². The topological polar surface area (TPSA) is 27.7 Å². The van der Waals surface area contributed by atoms with E-state index in [-0.39, 0.29) is 0 Å². The molecule has 1 N–H and O–H groups in total. The molecule has 2 atom stereocenters. The van der Waals surface area contributed by atoms with Gasteiger partial charge in [0.2, 0.25) is 0 Å². The molecule has 1 saturated heterocycles. The molecule has 0 aliphatic carbocycles. The molecule has 0 amide bonds. The third-order valence-corrected chi connectivity index (χ3v) is 3.93. The second kappa shape index (κ2) is 9.70. The van der Waals surface area contributed by atoms with Gasteiger partial charge in [0.25, 0.3) is 0 Å². The van der Waals surface area contributed by atoms with Gasteiger partial charge in [-0.15, -0.1) is 0 Å². The van der Waals surface area contributed by atoms with Crippen LogP contribution in [0.5, 0.6) is 0 Å². The van der Waals surface area contributed by atoms with Crippen molar-refractivity contribution in [3.05, 3.63) is 0 Å². The highest BCUT2D eigenvalue weighted by molar-refractivity contribution is 4.85. The number of ether oxygens (including phenoxy) is 1. The lowest BCUT2D eigenvalue weighted by Crippen LogP contribution is -2.56. The van der Waals surface area contributed by atoms with Gasteiger partial charge in [0.1, 0.15) is 0 Å². The minimum absolute atomic E-state index is 0.676. The molecule has 0 bridgehead atoms. The van der Waals surface area contributed by atoms with Crippen molar-refractivity contribution in [2.24, 2.45) is 0 Å². The van der Waals surface area contributed by atoms with Gasteiger partial charge in [0.05, 0.1) is 13.2 Å². The van der Waals surface area contributed by atoms with Crippen molar-refractivity contribution in [3.8, 4) is 0 Å².